The molecule has 0 aliphatic heterocycles. The lowest BCUT2D eigenvalue weighted by molar-refractivity contribution is 0.0697. The van der Waals surface area contributed by atoms with Gasteiger partial charge in [0, 0.05) is 13.0 Å². The maximum Gasteiger partial charge on any atom is 0.335 e. The summed E-state index contributed by atoms with van der Waals surface area (Å²) in [5.41, 5.74) is 2.38. The van der Waals surface area contributed by atoms with Crippen molar-refractivity contribution in [2.45, 2.75) is 53.5 Å². The summed E-state index contributed by atoms with van der Waals surface area (Å²) in [6.07, 6.45) is 3.02. The van der Waals surface area contributed by atoms with Crippen LogP contribution in [0, 0.1) is 5.41 Å². The Morgan fingerprint density at radius 3 is 2.62 bits per heavy atom. The number of carboxylic acids is 1. The number of aromatic carboxylic acids is 1. The molecule has 0 unspecified atom stereocenters. The number of benzene rings is 1. The van der Waals surface area contributed by atoms with Crippen LogP contribution in [0.2, 0.25) is 0 Å². The average Bonchev–Trinajstić information content (AvgIpc) is 2.72. The Balaban J connectivity index is 2.44. The number of fused-ring (bicyclic) bond motifs is 1. The molecule has 0 spiro atoms. The summed E-state index contributed by atoms with van der Waals surface area (Å²) in [4.78, 5) is 15.7. The van der Waals surface area contributed by atoms with Gasteiger partial charge in [-0.3, -0.25) is 0 Å². The van der Waals surface area contributed by atoms with E-state index in [1.54, 1.807) is 12.1 Å². The fourth-order valence-corrected chi connectivity index (χ4v) is 2.42. The third-order valence-corrected chi connectivity index (χ3v) is 3.63. The summed E-state index contributed by atoms with van der Waals surface area (Å²) in [5.74, 6) is 0.150. The molecule has 1 aromatic heterocycles. The third kappa shape index (κ3) is 3.63. The van der Waals surface area contributed by atoms with Crippen LogP contribution in [-0.2, 0) is 13.0 Å². The van der Waals surface area contributed by atoms with Gasteiger partial charge in [0.25, 0.3) is 0 Å². The number of rotatable bonds is 5. The van der Waals surface area contributed by atoms with Crippen LogP contribution >= 0.6 is 0 Å². The highest BCUT2D eigenvalue weighted by molar-refractivity contribution is 5.92. The number of nitrogens with zero attached hydrogens (tertiary/aromatic N) is 2. The molecular formula is C17H24N2O2. The van der Waals surface area contributed by atoms with E-state index >= 15 is 0 Å². The van der Waals surface area contributed by atoms with Gasteiger partial charge in [-0.25, -0.2) is 9.78 Å². The van der Waals surface area contributed by atoms with E-state index in [0.717, 1.165) is 42.7 Å². The van der Waals surface area contributed by atoms with E-state index in [1.807, 2.05) is 6.07 Å². The standard InChI is InChI=1S/C17H24N2O2/c1-5-6-15-18-13-11-12(16(20)21)7-8-14(13)19(15)10-9-17(2,3)4/h7-8,11H,5-6,9-10H2,1-4H3,(H,20,21). The van der Waals surface area contributed by atoms with Crippen molar-refractivity contribution in [3.05, 3.63) is 29.6 Å². The maximum atomic E-state index is 11.1. The predicted octanol–water partition coefficient (Wildman–Crippen LogP) is 4.12. The zero-order chi connectivity index (χ0) is 15.6. The second kappa shape index (κ2) is 5.88. The fraction of sp³-hybridized carbons (Fsp3) is 0.529. The molecule has 0 saturated carbocycles. The Morgan fingerprint density at radius 2 is 2.05 bits per heavy atom. The third-order valence-electron chi connectivity index (χ3n) is 3.63. The van der Waals surface area contributed by atoms with Gasteiger partial charge in [-0.15, -0.1) is 0 Å². The molecule has 1 aromatic carbocycles. The highest BCUT2D eigenvalue weighted by Crippen LogP contribution is 2.24. The van der Waals surface area contributed by atoms with Crippen LogP contribution in [-0.4, -0.2) is 20.6 Å². The highest BCUT2D eigenvalue weighted by atomic mass is 16.4. The molecule has 0 amide bonds. The van der Waals surface area contributed by atoms with Gasteiger partial charge in [0.15, 0.2) is 0 Å². The lowest BCUT2D eigenvalue weighted by Crippen LogP contribution is -2.12. The normalized spacial score (nSPS) is 12.0. The maximum absolute atomic E-state index is 11.1. The van der Waals surface area contributed by atoms with E-state index in [0.29, 0.717) is 5.56 Å². The average molecular weight is 288 g/mol. The quantitative estimate of drug-likeness (QED) is 0.900. The van der Waals surface area contributed by atoms with Gasteiger partial charge < -0.3 is 9.67 Å². The van der Waals surface area contributed by atoms with Crippen LogP contribution in [0.1, 0.15) is 56.7 Å². The molecule has 4 nitrogen and oxygen atoms in total. The van der Waals surface area contributed by atoms with Crippen molar-refractivity contribution in [1.29, 1.82) is 0 Å². The predicted molar refractivity (Wildman–Crippen MR) is 84.8 cm³/mol. The van der Waals surface area contributed by atoms with Gasteiger partial charge in [-0.1, -0.05) is 27.7 Å². The number of hydrogen-bond donors (Lipinski definition) is 1. The second-order valence-electron chi connectivity index (χ2n) is 6.75. The number of imidazole rings is 1. The minimum absolute atomic E-state index is 0.265. The largest absolute Gasteiger partial charge is 0.478 e. The molecule has 114 valence electrons. The molecule has 0 atom stereocenters. The van der Waals surface area contributed by atoms with Crippen LogP contribution < -0.4 is 0 Å². The summed E-state index contributed by atoms with van der Waals surface area (Å²) in [5, 5.41) is 9.10. The summed E-state index contributed by atoms with van der Waals surface area (Å²) in [6, 6.07) is 5.22. The van der Waals surface area contributed by atoms with Gasteiger partial charge in [-0.2, -0.15) is 0 Å². The lowest BCUT2D eigenvalue weighted by Gasteiger charge is -2.19. The van der Waals surface area contributed by atoms with E-state index in [4.69, 9.17) is 5.11 Å². The second-order valence-corrected chi connectivity index (χ2v) is 6.75. The van der Waals surface area contributed by atoms with Gasteiger partial charge in [0.05, 0.1) is 16.6 Å². The number of aryl methyl sites for hydroxylation is 2. The smallest absolute Gasteiger partial charge is 0.335 e. The molecule has 4 heteroatoms. The molecule has 0 bridgehead atoms. The first kappa shape index (κ1) is 15.5. The van der Waals surface area contributed by atoms with Gasteiger partial charge in [0.2, 0.25) is 0 Å². The molecule has 0 aliphatic rings. The van der Waals surface area contributed by atoms with E-state index < -0.39 is 5.97 Å². The van der Waals surface area contributed by atoms with Crippen LogP contribution in [0.5, 0.6) is 0 Å². The van der Waals surface area contributed by atoms with Gasteiger partial charge >= 0.3 is 5.97 Å². The molecule has 2 rings (SSSR count). The van der Waals surface area contributed by atoms with Crippen LogP contribution in [0.3, 0.4) is 0 Å². The van der Waals surface area contributed by atoms with E-state index in [2.05, 4.69) is 37.2 Å². The zero-order valence-corrected chi connectivity index (χ0v) is 13.3. The Bertz CT molecular complexity index is 651. The number of carboxylic acid groups (broad SMARTS) is 1. The minimum atomic E-state index is -0.904. The van der Waals surface area contributed by atoms with Crippen molar-refractivity contribution in [3.8, 4) is 0 Å². The Hall–Kier alpha value is -1.84. The molecule has 1 N–H and O–H groups in total. The molecule has 0 saturated heterocycles. The summed E-state index contributed by atoms with van der Waals surface area (Å²) < 4.78 is 2.25. The van der Waals surface area contributed by atoms with Crippen LogP contribution in [0.4, 0.5) is 0 Å². The topological polar surface area (TPSA) is 55.1 Å². The molecule has 21 heavy (non-hydrogen) atoms. The van der Waals surface area contributed by atoms with E-state index in [1.165, 1.54) is 0 Å². The van der Waals surface area contributed by atoms with Crippen LogP contribution in [0.15, 0.2) is 18.2 Å². The Labute approximate surface area is 125 Å². The molecule has 0 radical (unpaired) electrons. The molecule has 0 fully saturated rings. The van der Waals surface area contributed by atoms with E-state index in [-0.39, 0.29) is 5.41 Å². The molecule has 0 aliphatic carbocycles. The zero-order valence-electron chi connectivity index (χ0n) is 13.3. The SMILES string of the molecule is CCCc1nc2cc(C(=O)O)ccc2n1CCC(C)(C)C. The summed E-state index contributed by atoms with van der Waals surface area (Å²) in [6.45, 7) is 9.74. The number of hydrogen-bond acceptors (Lipinski definition) is 2. The van der Waals surface area contributed by atoms with E-state index in [9.17, 15) is 4.79 Å². The Morgan fingerprint density at radius 1 is 1.33 bits per heavy atom. The molecule has 2 aromatic rings. The fourth-order valence-electron chi connectivity index (χ4n) is 2.42. The van der Waals surface area contributed by atoms with Crippen molar-refractivity contribution in [2.75, 3.05) is 0 Å². The summed E-state index contributed by atoms with van der Waals surface area (Å²) >= 11 is 0. The first-order chi connectivity index (χ1) is 9.81. The highest BCUT2D eigenvalue weighted by Gasteiger charge is 2.16. The first-order valence-electron chi connectivity index (χ1n) is 7.54. The molecule has 1 heterocycles. The Kier molecular flexibility index (Phi) is 4.35. The van der Waals surface area contributed by atoms with Crippen molar-refractivity contribution in [2.24, 2.45) is 5.41 Å². The molecular weight excluding hydrogens is 264 g/mol. The van der Waals surface area contributed by atoms with Gasteiger partial charge in [-0.05, 0) is 36.5 Å². The minimum Gasteiger partial charge on any atom is -0.478 e. The monoisotopic (exact) mass is 288 g/mol. The van der Waals surface area contributed by atoms with Crippen molar-refractivity contribution in [3.63, 3.8) is 0 Å². The van der Waals surface area contributed by atoms with Gasteiger partial charge in [0.1, 0.15) is 5.82 Å². The summed E-state index contributed by atoms with van der Waals surface area (Å²) in [7, 11) is 0. The first-order valence-corrected chi connectivity index (χ1v) is 7.54. The number of carbonyl (C=O) groups is 1. The van der Waals surface area contributed by atoms with Crippen LogP contribution in [0.25, 0.3) is 11.0 Å². The van der Waals surface area contributed by atoms with Crippen molar-refractivity contribution < 1.29 is 9.90 Å². The lowest BCUT2D eigenvalue weighted by atomic mass is 9.92. The van der Waals surface area contributed by atoms with Crippen molar-refractivity contribution >= 4 is 17.0 Å². The van der Waals surface area contributed by atoms with Crippen molar-refractivity contribution in [1.82, 2.24) is 9.55 Å². The number of aromatic nitrogens is 2.